The Morgan fingerprint density at radius 2 is 1.81 bits per heavy atom. The lowest BCUT2D eigenvalue weighted by Gasteiger charge is -2.11. The number of alkyl halides is 3. The van der Waals surface area contributed by atoms with Crippen LogP contribution in [0.2, 0.25) is 0 Å². The fourth-order valence-electron chi connectivity index (χ4n) is 2.72. The summed E-state index contributed by atoms with van der Waals surface area (Å²) in [4.78, 5) is 24.5. The van der Waals surface area contributed by atoms with E-state index in [1.807, 2.05) is 6.07 Å². The molecule has 0 fully saturated rings. The highest BCUT2D eigenvalue weighted by Crippen LogP contribution is 2.30. The molecule has 162 valence electrons. The Morgan fingerprint density at radius 1 is 1.10 bits per heavy atom. The number of hydrogen-bond acceptors (Lipinski definition) is 4. The molecule has 2 aromatic carbocycles. The second kappa shape index (κ2) is 9.00. The second-order valence-corrected chi connectivity index (χ2v) is 6.82. The summed E-state index contributed by atoms with van der Waals surface area (Å²) in [6, 6.07) is 14.8. The highest BCUT2D eigenvalue weighted by atomic mass is 19.4. The molecule has 1 heterocycles. The number of nitrogens with two attached hydrogens (primary N) is 1. The van der Waals surface area contributed by atoms with Crippen molar-refractivity contribution in [1.82, 2.24) is 15.1 Å². The van der Waals surface area contributed by atoms with Crippen LogP contribution >= 0.6 is 0 Å². The average Bonchev–Trinajstić information content (AvgIpc) is 3.19. The molecule has 10 heteroatoms. The molecule has 2 amide bonds. The lowest BCUT2D eigenvalue weighted by atomic mass is 10.2. The van der Waals surface area contributed by atoms with Crippen LogP contribution in [0.1, 0.15) is 28.7 Å². The number of hydrogen-bond donors (Lipinski definition) is 3. The fraction of sp³-hybridized carbons (Fsp3) is 0.190. The zero-order valence-electron chi connectivity index (χ0n) is 16.5. The van der Waals surface area contributed by atoms with Gasteiger partial charge in [-0.25, -0.2) is 4.68 Å². The number of halogens is 3. The van der Waals surface area contributed by atoms with Crippen molar-refractivity contribution in [3.8, 4) is 5.69 Å². The highest BCUT2D eigenvalue weighted by Gasteiger charge is 2.36. The number of rotatable bonds is 6. The molecule has 3 aromatic rings. The van der Waals surface area contributed by atoms with E-state index in [2.05, 4.69) is 15.7 Å². The van der Waals surface area contributed by atoms with Crippen molar-refractivity contribution in [3.63, 3.8) is 0 Å². The minimum Gasteiger partial charge on any atom is -0.347 e. The normalized spacial score (nSPS) is 12.3. The molecule has 0 bridgehead atoms. The van der Waals surface area contributed by atoms with Crippen molar-refractivity contribution in [3.05, 3.63) is 77.6 Å². The average molecular weight is 431 g/mol. The SMILES string of the molecule is CC(N)C(=O)Nc1cccc(-n2nc(C(F)(F)F)cc2C(=O)NCc2ccccc2)c1. The number of nitrogens with one attached hydrogen (secondary N) is 2. The van der Waals surface area contributed by atoms with Crippen LogP contribution in [0.25, 0.3) is 5.69 Å². The van der Waals surface area contributed by atoms with Gasteiger partial charge in [-0.3, -0.25) is 9.59 Å². The maximum absolute atomic E-state index is 13.3. The van der Waals surface area contributed by atoms with Crippen LogP contribution in [0.3, 0.4) is 0 Å². The molecular formula is C21H20F3N5O2. The summed E-state index contributed by atoms with van der Waals surface area (Å²) < 4.78 is 40.7. The first kappa shape index (κ1) is 22.0. The number of nitrogens with zero attached hydrogens (tertiary/aromatic N) is 2. The molecular weight excluding hydrogens is 411 g/mol. The van der Waals surface area contributed by atoms with E-state index in [4.69, 9.17) is 5.73 Å². The number of carbonyl (C=O) groups excluding carboxylic acids is 2. The van der Waals surface area contributed by atoms with Crippen LogP contribution in [0.4, 0.5) is 18.9 Å². The standard InChI is InChI=1S/C21H20F3N5O2/c1-13(25)19(30)27-15-8-5-9-16(10-15)29-17(11-18(28-29)21(22,23)24)20(31)26-12-14-6-3-2-4-7-14/h2-11,13H,12,25H2,1H3,(H,26,31)(H,27,30). The number of anilines is 1. The zero-order valence-corrected chi connectivity index (χ0v) is 16.5. The quantitative estimate of drug-likeness (QED) is 0.558. The van der Waals surface area contributed by atoms with Gasteiger partial charge in [0.2, 0.25) is 5.91 Å². The van der Waals surface area contributed by atoms with Crippen molar-refractivity contribution in [2.75, 3.05) is 5.32 Å². The van der Waals surface area contributed by atoms with E-state index in [1.54, 1.807) is 30.3 Å². The molecule has 3 rings (SSSR count). The summed E-state index contributed by atoms with van der Waals surface area (Å²) >= 11 is 0. The van der Waals surface area contributed by atoms with Crippen molar-refractivity contribution in [2.45, 2.75) is 25.7 Å². The second-order valence-electron chi connectivity index (χ2n) is 6.82. The number of aromatic nitrogens is 2. The Morgan fingerprint density at radius 3 is 2.45 bits per heavy atom. The molecule has 1 aromatic heterocycles. The van der Waals surface area contributed by atoms with Gasteiger partial charge in [0.1, 0.15) is 5.69 Å². The predicted octanol–water partition coefficient (Wildman–Crippen LogP) is 3.11. The molecule has 1 atom stereocenters. The van der Waals surface area contributed by atoms with Gasteiger partial charge in [0, 0.05) is 18.3 Å². The molecule has 4 N–H and O–H groups in total. The summed E-state index contributed by atoms with van der Waals surface area (Å²) in [6.07, 6.45) is -4.74. The molecule has 1 unspecified atom stereocenters. The summed E-state index contributed by atoms with van der Waals surface area (Å²) in [5, 5.41) is 8.73. The van der Waals surface area contributed by atoms with Crippen LogP contribution in [-0.4, -0.2) is 27.6 Å². The number of amides is 2. The van der Waals surface area contributed by atoms with E-state index < -0.39 is 29.7 Å². The van der Waals surface area contributed by atoms with Crippen molar-refractivity contribution in [2.24, 2.45) is 5.73 Å². The van der Waals surface area contributed by atoms with E-state index in [0.29, 0.717) is 11.8 Å². The van der Waals surface area contributed by atoms with E-state index in [-0.39, 0.29) is 17.9 Å². The van der Waals surface area contributed by atoms with Gasteiger partial charge in [-0.2, -0.15) is 18.3 Å². The van der Waals surface area contributed by atoms with E-state index in [9.17, 15) is 22.8 Å². The largest absolute Gasteiger partial charge is 0.435 e. The maximum Gasteiger partial charge on any atom is 0.435 e. The van der Waals surface area contributed by atoms with Crippen molar-refractivity contribution >= 4 is 17.5 Å². The van der Waals surface area contributed by atoms with Crippen LogP contribution in [0, 0.1) is 0 Å². The third-order valence-corrected chi connectivity index (χ3v) is 4.30. The van der Waals surface area contributed by atoms with E-state index in [1.165, 1.54) is 25.1 Å². The van der Waals surface area contributed by atoms with E-state index >= 15 is 0 Å². The van der Waals surface area contributed by atoms with Gasteiger partial charge >= 0.3 is 6.18 Å². The minimum atomic E-state index is -4.74. The number of benzene rings is 2. The Hall–Kier alpha value is -3.66. The van der Waals surface area contributed by atoms with Gasteiger partial charge in [-0.1, -0.05) is 36.4 Å². The summed E-state index contributed by atoms with van der Waals surface area (Å²) in [6.45, 7) is 1.63. The van der Waals surface area contributed by atoms with Crippen LogP contribution in [-0.2, 0) is 17.5 Å². The smallest absolute Gasteiger partial charge is 0.347 e. The lowest BCUT2D eigenvalue weighted by molar-refractivity contribution is -0.141. The molecule has 0 spiro atoms. The molecule has 0 aliphatic carbocycles. The third kappa shape index (κ3) is 5.48. The van der Waals surface area contributed by atoms with Gasteiger partial charge in [0.05, 0.1) is 11.7 Å². The molecule has 0 saturated heterocycles. The predicted molar refractivity (Wildman–Crippen MR) is 108 cm³/mol. The molecule has 31 heavy (non-hydrogen) atoms. The Balaban J connectivity index is 1.93. The Labute approximate surface area is 176 Å². The van der Waals surface area contributed by atoms with Crippen molar-refractivity contribution < 1.29 is 22.8 Å². The van der Waals surface area contributed by atoms with Crippen molar-refractivity contribution in [1.29, 1.82) is 0 Å². The van der Waals surface area contributed by atoms with Gasteiger partial charge in [0.15, 0.2) is 5.69 Å². The molecule has 0 aliphatic heterocycles. The first-order valence-corrected chi connectivity index (χ1v) is 9.31. The third-order valence-electron chi connectivity index (χ3n) is 4.30. The molecule has 7 nitrogen and oxygen atoms in total. The fourth-order valence-corrected chi connectivity index (χ4v) is 2.72. The molecule has 0 aliphatic rings. The van der Waals surface area contributed by atoms with Crippen LogP contribution < -0.4 is 16.4 Å². The monoisotopic (exact) mass is 431 g/mol. The zero-order chi connectivity index (χ0) is 22.6. The van der Waals surface area contributed by atoms with Gasteiger partial charge in [-0.15, -0.1) is 0 Å². The molecule has 0 saturated carbocycles. The Kier molecular flexibility index (Phi) is 6.40. The maximum atomic E-state index is 13.3. The molecule has 0 radical (unpaired) electrons. The summed E-state index contributed by atoms with van der Waals surface area (Å²) in [5.74, 6) is -1.19. The number of carbonyl (C=O) groups is 2. The van der Waals surface area contributed by atoms with Gasteiger partial charge in [0.25, 0.3) is 5.91 Å². The highest BCUT2D eigenvalue weighted by molar-refractivity contribution is 5.95. The van der Waals surface area contributed by atoms with Gasteiger partial charge < -0.3 is 16.4 Å². The van der Waals surface area contributed by atoms with E-state index in [0.717, 1.165) is 10.2 Å². The van der Waals surface area contributed by atoms with Crippen LogP contribution in [0.5, 0.6) is 0 Å². The summed E-state index contributed by atoms with van der Waals surface area (Å²) in [7, 11) is 0. The Bertz CT molecular complexity index is 1080. The topological polar surface area (TPSA) is 102 Å². The van der Waals surface area contributed by atoms with Crippen LogP contribution in [0.15, 0.2) is 60.7 Å². The first-order valence-electron chi connectivity index (χ1n) is 9.31. The lowest BCUT2D eigenvalue weighted by Crippen LogP contribution is -2.32. The summed E-state index contributed by atoms with van der Waals surface area (Å²) in [5.41, 5.74) is 5.29. The minimum absolute atomic E-state index is 0.136. The first-order chi connectivity index (χ1) is 14.6. The van der Waals surface area contributed by atoms with Gasteiger partial charge in [-0.05, 0) is 30.7 Å².